The van der Waals surface area contributed by atoms with Crippen LogP contribution >= 0.6 is 0 Å². The smallest absolute Gasteiger partial charge is 0.0665 e. The topological polar surface area (TPSA) is 41.5 Å². The number of aliphatic hydroxyl groups excluding tert-OH is 1. The number of aliphatic hydroxyl groups is 1. The predicted octanol–water partition coefficient (Wildman–Crippen LogP) is 0.772. The number of rotatable bonds is 7. The van der Waals surface area contributed by atoms with Crippen molar-refractivity contribution in [1.29, 1.82) is 0 Å². The lowest BCUT2D eigenvalue weighted by Crippen LogP contribution is -2.31. The van der Waals surface area contributed by atoms with Gasteiger partial charge in [0.25, 0.3) is 0 Å². The van der Waals surface area contributed by atoms with Gasteiger partial charge in [-0.05, 0) is 12.8 Å². The van der Waals surface area contributed by atoms with E-state index in [9.17, 15) is 5.11 Å². The van der Waals surface area contributed by atoms with Gasteiger partial charge in [0, 0.05) is 26.3 Å². The van der Waals surface area contributed by atoms with Crippen LogP contribution in [-0.2, 0) is 4.74 Å². The maximum Gasteiger partial charge on any atom is 0.0665 e. The van der Waals surface area contributed by atoms with Gasteiger partial charge in [0.2, 0.25) is 0 Å². The van der Waals surface area contributed by atoms with Crippen molar-refractivity contribution in [2.45, 2.75) is 38.8 Å². The standard InChI is InChI=1S/C9H21NO2/c1-8(2)10-7-9(11)5-4-6-12-3/h8-11H,4-7H2,1-3H3/t9-/m0/s1. The highest BCUT2D eigenvalue weighted by Gasteiger charge is 2.03. The maximum absolute atomic E-state index is 9.41. The van der Waals surface area contributed by atoms with Crippen LogP contribution in [0.1, 0.15) is 26.7 Å². The van der Waals surface area contributed by atoms with Gasteiger partial charge in [0.05, 0.1) is 6.10 Å². The minimum atomic E-state index is -0.234. The first-order valence-corrected chi connectivity index (χ1v) is 4.57. The van der Waals surface area contributed by atoms with Gasteiger partial charge in [-0.3, -0.25) is 0 Å². The lowest BCUT2D eigenvalue weighted by atomic mass is 10.2. The average molecular weight is 175 g/mol. The number of hydrogen-bond donors (Lipinski definition) is 2. The van der Waals surface area contributed by atoms with Gasteiger partial charge >= 0.3 is 0 Å². The Morgan fingerprint density at radius 2 is 2.08 bits per heavy atom. The Morgan fingerprint density at radius 3 is 2.58 bits per heavy atom. The molecule has 1 atom stereocenters. The van der Waals surface area contributed by atoms with Crippen LogP contribution in [0.5, 0.6) is 0 Å². The average Bonchev–Trinajstić information content (AvgIpc) is 2.01. The van der Waals surface area contributed by atoms with E-state index in [0.717, 1.165) is 19.4 Å². The Labute approximate surface area is 75.1 Å². The van der Waals surface area contributed by atoms with Crippen molar-refractivity contribution in [3.63, 3.8) is 0 Å². The molecule has 0 unspecified atom stereocenters. The molecule has 0 aliphatic heterocycles. The van der Waals surface area contributed by atoms with Gasteiger partial charge < -0.3 is 15.2 Å². The molecule has 0 aromatic carbocycles. The Morgan fingerprint density at radius 1 is 1.42 bits per heavy atom. The van der Waals surface area contributed by atoms with Gasteiger partial charge in [-0.2, -0.15) is 0 Å². The molecule has 12 heavy (non-hydrogen) atoms. The minimum absolute atomic E-state index is 0.234. The minimum Gasteiger partial charge on any atom is -0.392 e. The Hall–Kier alpha value is -0.120. The number of methoxy groups -OCH3 is 1. The molecule has 0 radical (unpaired) electrons. The summed E-state index contributed by atoms with van der Waals surface area (Å²) in [7, 11) is 1.68. The van der Waals surface area contributed by atoms with E-state index in [4.69, 9.17) is 4.74 Å². The van der Waals surface area contributed by atoms with Crippen LogP contribution in [0.25, 0.3) is 0 Å². The predicted molar refractivity (Wildman–Crippen MR) is 50.3 cm³/mol. The fourth-order valence-corrected chi connectivity index (χ4v) is 0.937. The first kappa shape index (κ1) is 11.9. The Kier molecular flexibility index (Phi) is 7.45. The molecular weight excluding hydrogens is 154 g/mol. The van der Waals surface area contributed by atoms with Crippen molar-refractivity contribution in [1.82, 2.24) is 5.32 Å². The molecule has 0 spiro atoms. The van der Waals surface area contributed by atoms with Gasteiger partial charge in [-0.15, -0.1) is 0 Å². The second-order valence-corrected chi connectivity index (χ2v) is 3.35. The fraction of sp³-hybridized carbons (Fsp3) is 1.00. The van der Waals surface area contributed by atoms with Gasteiger partial charge in [0.1, 0.15) is 0 Å². The van der Waals surface area contributed by atoms with Gasteiger partial charge in [0.15, 0.2) is 0 Å². The summed E-state index contributed by atoms with van der Waals surface area (Å²) in [4.78, 5) is 0. The van der Waals surface area contributed by atoms with Crippen LogP contribution in [0, 0.1) is 0 Å². The molecule has 0 rings (SSSR count). The first-order valence-electron chi connectivity index (χ1n) is 4.57. The van der Waals surface area contributed by atoms with Crippen LogP contribution in [-0.4, -0.2) is 37.5 Å². The lowest BCUT2D eigenvalue weighted by Gasteiger charge is -2.13. The molecule has 3 heteroatoms. The zero-order valence-corrected chi connectivity index (χ0v) is 8.34. The molecule has 0 saturated carbocycles. The molecule has 0 heterocycles. The molecule has 3 nitrogen and oxygen atoms in total. The van der Waals surface area contributed by atoms with E-state index in [0.29, 0.717) is 12.6 Å². The lowest BCUT2D eigenvalue weighted by molar-refractivity contribution is 0.132. The summed E-state index contributed by atoms with van der Waals surface area (Å²) in [5.41, 5.74) is 0. The maximum atomic E-state index is 9.41. The molecular formula is C9H21NO2. The van der Waals surface area contributed by atoms with Crippen LogP contribution in [0.2, 0.25) is 0 Å². The molecule has 0 aliphatic carbocycles. The van der Waals surface area contributed by atoms with E-state index in [1.807, 2.05) is 0 Å². The van der Waals surface area contributed by atoms with E-state index in [1.54, 1.807) is 7.11 Å². The second-order valence-electron chi connectivity index (χ2n) is 3.35. The fourth-order valence-electron chi connectivity index (χ4n) is 0.937. The zero-order chi connectivity index (χ0) is 9.40. The van der Waals surface area contributed by atoms with Crippen LogP contribution in [0.3, 0.4) is 0 Å². The highest BCUT2D eigenvalue weighted by Crippen LogP contribution is 1.96. The molecule has 0 aromatic rings. The van der Waals surface area contributed by atoms with Crippen LogP contribution in [0.4, 0.5) is 0 Å². The van der Waals surface area contributed by atoms with Gasteiger partial charge in [-0.25, -0.2) is 0 Å². The number of ether oxygens (including phenoxy) is 1. The van der Waals surface area contributed by atoms with Crippen molar-refractivity contribution in [2.75, 3.05) is 20.3 Å². The Bertz CT molecular complexity index is 96.5. The van der Waals surface area contributed by atoms with Gasteiger partial charge in [-0.1, -0.05) is 13.8 Å². The van der Waals surface area contributed by atoms with Crippen molar-refractivity contribution in [2.24, 2.45) is 0 Å². The Balaban J connectivity index is 3.15. The summed E-state index contributed by atoms with van der Waals surface area (Å²) in [6.07, 6.45) is 1.51. The normalized spacial score (nSPS) is 13.8. The number of nitrogens with one attached hydrogen (secondary N) is 1. The SMILES string of the molecule is COCCC[C@H](O)CNC(C)C. The molecule has 0 amide bonds. The molecule has 0 fully saturated rings. The van der Waals surface area contributed by atoms with Crippen molar-refractivity contribution in [3.8, 4) is 0 Å². The summed E-state index contributed by atoms with van der Waals surface area (Å²) < 4.78 is 4.89. The van der Waals surface area contributed by atoms with E-state index >= 15 is 0 Å². The number of hydrogen-bond acceptors (Lipinski definition) is 3. The highest BCUT2D eigenvalue weighted by molar-refractivity contribution is 4.61. The summed E-state index contributed by atoms with van der Waals surface area (Å²) in [5.74, 6) is 0. The van der Waals surface area contributed by atoms with Crippen molar-refractivity contribution in [3.05, 3.63) is 0 Å². The zero-order valence-electron chi connectivity index (χ0n) is 8.34. The third-order valence-corrected chi connectivity index (χ3v) is 1.65. The largest absolute Gasteiger partial charge is 0.392 e. The second kappa shape index (κ2) is 7.53. The summed E-state index contributed by atoms with van der Waals surface area (Å²) in [6, 6.07) is 0.446. The quantitative estimate of drug-likeness (QED) is 0.562. The highest BCUT2D eigenvalue weighted by atomic mass is 16.5. The monoisotopic (exact) mass is 175 g/mol. The summed E-state index contributed by atoms with van der Waals surface area (Å²) >= 11 is 0. The van der Waals surface area contributed by atoms with E-state index in [1.165, 1.54) is 0 Å². The first-order chi connectivity index (χ1) is 5.66. The van der Waals surface area contributed by atoms with Crippen LogP contribution in [0.15, 0.2) is 0 Å². The third kappa shape index (κ3) is 7.98. The van der Waals surface area contributed by atoms with E-state index in [-0.39, 0.29) is 6.10 Å². The molecule has 0 bridgehead atoms. The summed E-state index contributed by atoms with van der Waals surface area (Å²) in [6.45, 7) is 5.56. The summed E-state index contributed by atoms with van der Waals surface area (Å²) in [5, 5.41) is 12.6. The van der Waals surface area contributed by atoms with E-state index in [2.05, 4.69) is 19.2 Å². The molecule has 74 valence electrons. The molecule has 0 aliphatic rings. The van der Waals surface area contributed by atoms with E-state index < -0.39 is 0 Å². The third-order valence-electron chi connectivity index (χ3n) is 1.65. The van der Waals surface area contributed by atoms with Crippen molar-refractivity contribution >= 4 is 0 Å². The molecule has 0 saturated heterocycles. The molecule has 2 N–H and O–H groups in total. The van der Waals surface area contributed by atoms with Crippen LogP contribution < -0.4 is 5.32 Å². The molecule has 0 aromatic heterocycles. The van der Waals surface area contributed by atoms with Crippen molar-refractivity contribution < 1.29 is 9.84 Å².